The first-order valence-corrected chi connectivity index (χ1v) is 6.98. The average molecular weight is 290 g/mol. The number of nitrogen functional groups attached to an aromatic ring is 1. The largest absolute Gasteiger partial charge is 0.418 e. The van der Waals surface area contributed by atoms with E-state index in [4.69, 9.17) is 10.6 Å². The van der Waals surface area contributed by atoms with Gasteiger partial charge in [0.05, 0.1) is 5.39 Å². The van der Waals surface area contributed by atoms with Crippen molar-refractivity contribution < 1.29 is 4.74 Å². The number of H-pyrrole nitrogens is 1. The number of anilines is 1. The Morgan fingerprint density at radius 1 is 1.40 bits per heavy atom. The van der Waals surface area contributed by atoms with Crippen LogP contribution in [0.25, 0.3) is 10.2 Å². The lowest BCUT2D eigenvalue weighted by Crippen LogP contribution is -2.10. The fourth-order valence-electron chi connectivity index (χ4n) is 1.81. The van der Waals surface area contributed by atoms with Crippen molar-refractivity contribution in [2.75, 3.05) is 5.43 Å². The number of nitrogens with one attached hydrogen (secondary N) is 2. The van der Waals surface area contributed by atoms with Crippen LogP contribution in [0.4, 0.5) is 5.95 Å². The highest BCUT2D eigenvalue weighted by Gasteiger charge is 2.14. The van der Waals surface area contributed by atoms with Crippen molar-refractivity contribution in [2.45, 2.75) is 20.3 Å². The third kappa shape index (κ3) is 2.30. The van der Waals surface area contributed by atoms with Crippen LogP contribution in [0.3, 0.4) is 0 Å². The Morgan fingerprint density at radius 2 is 2.25 bits per heavy atom. The second kappa shape index (κ2) is 5.06. The van der Waals surface area contributed by atoms with Crippen LogP contribution < -0.4 is 16.0 Å². The summed E-state index contributed by atoms with van der Waals surface area (Å²) in [5.74, 6) is 6.64. The summed E-state index contributed by atoms with van der Waals surface area (Å²) in [5, 5.41) is 7.74. The fraction of sp³-hybridized carbons (Fsp3) is 0.250. The molecule has 0 unspecified atom stereocenters. The Morgan fingerprint density at radius 3 is 2.90 bits per heavy atom. The van der Waals surface area contributed by atoms with Gasteiger partial charge in [0.25, 0.3) is 0 Å². The summed E-state index contributed by atoms with van der Waals surface area (Å²) in [6.45, 7) is 4.00. The van der Waals surface area contributed by atoms with Gasteiger partial charge in [0.2, 0.25) is 17.7 Å². The number of fused-ring (bicyclic) bond motifs is 1. The van der Waals surface area contributed by atoms with Crippen molar-refractivity contribution in [1.82, 2.24) is 20.2 Å². The van der Waals surface area contributed by atoms with Gasteiger partial charge in [0.15, 0.2) is 0 Å². The van der Waals surface area contributed by atoms with Gasteiger partial charge < -0.3 is 4.74 Å². The smallest absolute Gasteiger partial charge is 0.241 e. The van der Waals surface area contributed by atoms with E-state index >= 15 is 0 Å². The molecule has 0 bridgehead atoms. The van der Waals surface area contributed by atoms with Gasteiger partial charge in [-0.1, -0.05) is 6.92 Å². The molecule has 0 aromatic carbocycles. The molecule has 0 aliphatic rings. The minimum absolute atomic E-state index is 0.323. The molecule has 0 saturated heterocycles. The lowest BCUT2D eigenvalue weighted by atomic mass is 10.3. The quantitative estimate of drug-likeness (QED) is 0.503. The average Bonchev–Trinajstić information content (AvgIpc) is 3.04. The topological polar surface area (TPSA) is 102 Å². The highest BCUT2D eigenvalue weighted by atomic mass is 32.1. The number of nitrogens with two attached hydrogens (primary N) is 1. The maximum Gasteiger partial charge on any atom is 0.241 e. The Balaban J connectivity index is 2.09. The van der Waals surface area contributed by atoms with Gasteiger partial charge in [-0.3, -0.25) is 10.5 Å². The maximum absolute atomic E-state index is 5.73. The first kappa shape index (κ1) is 12.8. The molecule has 104 valence electrons. The minimum Gasteiger partial charge on any atom is -0.418 e. The summed E-state index contributed by atoms with van der Waals surface area (Å²) in [5.41, 5.74) is 3.37. The van der Waals surface area contributed by atoms with Crippen LogP contribution in [-0.2, 0) is 6.42 Å². The summed E-state index contributed by atoms with van der Waals surface area (Å²) in [7, 11) is 0. The predicted octanol–water partition coefficient (Wildman–Crippen LogP) is 2.36. The van der Waals surface area contributed by atoms with E-state index in [0.717, 1.165) is 22.3 Å². The zero-order valence-electron chi connectivity index (χ0n) is 11.1. The Kier molecular flexibility index (Phi) is 3.25. The molecule has 20 heavy (non-hydrogen) atoms. The number of hydrogen-bond donors (Lipinski definition) is 3. The van der Waals surface area contributed by atoms with E-state index in [-0.39, 0.29) is 0 Å². The molecule has 0 aliphatic heterocycles. The highest BCUT2D eigenvalue weighted by molar-refractivity contribution is 7.18. The van der Waals surface area contributed by atoms with Gasteiger partial charge in [-0.2, -0.15) is 4.98 Å². The number of hydrogen-bond acceptors (Lipinski definition) is 7. The number of aromatic amines is 1. The van der Waals surface area contributed by atoms with Gasteiger partial charge >= 0.3 is 0 Å². The van der Waals surface area contributed by atoms with Crippen LogP contribution in [0.1, 0.15) is 17.5 Å². The number of aromatic nitrogens is 4. The predicted molar refractivity (Wildman–Crippen MR) is 78.0 cm³/mol. The van der Waals surface area contributed by atoms with Gasteiger partial charge in [0.1, 0.15) is 4.83 Å². The van der Waals surface area contributed by atoms with Crippen molar-refractivity contribution in [3.8, 4) is 11.8 Å². The number of thiophene rings is 1. The number of nitrogens with zero attached hydrogens (tertiary/aromatic N) is 3. The number of rotatable bonds is 4. The van der Waals surface area contributed by atoms with Gasteiger partial charge in [-0.25, -0.2) is 10.8 Å². The first-order valence-electron chi connectivity index (χ1n) is 6.16. The molecule has 0 aliphatic carbocycles. The van der Waals surface area contributed by atoms with E-state index in [2.05, 4.69) is 32.5 Å². The van der Waals surface area contributed by atoms with Crippen LogP contribution >= 0.6 is 11.3 Å². The molecular formula is C12H14N6OS. The molecule has 0 atom stereocenters. The Labute approximate surface area is 119 Å². The summed E-state index contributed by atoms with van der Waals surface area (Å²) in [6, 6.07) is 3.84. The van der Waals surface area contributed by atoms with Crippen LogP contribution in [0, 0.1) is 6.92 Å². The van der Waals surface area contributed by atoms with E-state index in [1.54, 1.807) is 17.4 Å². The van der Waals surface area contributed by atoms with Gasteiger partial charge in [-0.15, -0.1) is 16.4 Å². The molecule has 3 aromatic rings. The molecule has 4 N–H and O–H groups in total. The molecule has 7 nitrogen and oxygen atoms in total. The molecule has 3 rings (SSSR count). The lowest BCUT2D eigenvalue weighted by Gasteiger charge is -2.04. The second-order valence-electron chi connectivity index (χ2n) is 4.27. The van der Waals surface area contributed by atoms with Crippen molar-refractivity contribution in [1.29, 1.82) is 0 Å². The summed E-state index contributed by atoms with van der Waals surface area (Å²) in [6.07, 6.45) is 0.938. The Bertz CT molecular complexity index is 750. The van der Waals surface area contributed by atoms with E-state index < -0.39 is 0 Å². The SMILES string of the molecule is CCc1cc2c(Oc3cc(C)[nH]n3)nc(NN)nc2s1. The standard InChI is InChI=1S/C12H14N6OS/c1-3-7-5-8-10(19-9-4-6(2)17-18-9)14-12(16-13)15-11(8)20-7/h4-5H,3,13H2,1-2H3,(H,17,18)(H,14,15,16). The molecule has 8 heteroatoms. The maximum atomic E-state index is 5.73. The van der Waals surface area contributed by atoms with E-state index in [9.17, 15) is 0 Å². The van der Waals surface area contributed by atoms with Crippen molar-refractivity contribution in [3.05, 3.63) is 22.7 Å². The number of ether oxygens (including phenoxy) is 1. The molecule has 3 aromatic heterocycles. The fourth-order valence-corrected chi connectivity index (χ4v) is 2.76. The summed E-state index contributed by atoms with van der Waals surface area (Å²) in [4.78, 5) is 10.6. The van der Waals surface area contributed by atoms with Gasteiger partial charge in [-0.05, 0) is 19.4 Å². The number of hydrazine groups is 1. The van der Waals surface area contributed by atoms with Crippen LogP contribution in [0.5, 0.6) is 11.8 Å². The van der Waals surface area contributed by atoms with E-state index in [1.165, 1.54) is 4.88 Å². The zero-order chi connectivity index (χ0) is 14.1. The van der Waals surface area contributed by atoms with Crippen LogP contribution in [0.15, 0.2) is 12.1 Å². The van der Waals surface area contributed by atoms with E-state index in [0.29, 0.717) is 17.7 Å². The third-order valence-electron chi connectivity index (χ3n) is 2.77. The Hall–Kier alpha value is -2.19. The normalized spacial score (nSPS) is 10.9. The molecular weight excluding hydrogens is 276 g/mol. The summed E-state index contributed by atoms with van der Waals surface area (Å²) >= 11 is 1.60. The third-order valence-corrected chi connectivity index (χ3v) is 3.94. The monoisotopic (exact) mass is 290 g/mol. The van der Waals surface area contributed by atoms with Crippen molar-refractivity contribution in [3.63, 3.8) is 0 Å². The molecule has 0 amide bonds. The second-order valence-corrected chi connectivity index (χ2v) is 5.39. The van der Waals surface area contributed by atoms with Crippen molar-refractivity contribution >= 4 is 27.5 Å². The summed E-state index contributed by atoms with van der Waals surface area (Å²) < 4.78 is 5.73. The van der Waals surface area contributed by atoms with Crippen LogP contribution in [0.2, 0.25) is 0 Å². The molecule has 0 fully saturated rings. The highest BCUT2D eigenvalue weighted by Crippen LogP contribution is 2.33. The van der Waals surface area contributed by atoms with Gasteiger partial charge in [0, 0.05) is 16.6 Å². The first-order chi connectivity index (χ1) is 9.69. The van der Waals surface area contributed by atoms with E-state index in [1.807, 2.05) is 13.0 Å². The molecule has 3 heterocycles. The van der Waals surface area contributed by atoms with Crippen molar-refractivity contribution in [2.24, 2.45) is 5.84 Å². The number of aryl methyl sites for hydroxylation is 2. The minimum atomic E-state index is 0.323. The molecule has 0 radical (unpaired) electrons. The molecule has 0 spiro atoms. The van der Waals surface area contributed by atoms with Crippen LogP contribution in [-0.4, -0.2) is 20.2 Å². The zero-order valence-corrected chi connectivity index (χ0v) is 11.9. The lowest BCUT2D eigenvalue weighted by molar-refractivity contribution is 0.449. The molecule has 0 saturated carbocycles.